The van der Waals surface area contributed by atoms with Gasteiger partial charge in [0.25, 0.3) is 0 Å². The Hall–Kier alpha value is -0.160. The van der Waals surface area contributed by atoms with E-state index in [0.717, 1.165) is 24.2 Å². The minimum Gasteiger partial charge on any atom is -0.311 e. The van der Waals surface area contributed by atoms with Gasteiger partial charge in [0.2, 0.25) is 0 Å². The first-order valence-electron chi connectivity index (χ1n) is 8.49. The third kappa shape index (κ3) is 1.81. The fraction of sp³-hybridized carbons (Fsp3) is 1.00. The van der Waals surface area contributed by atoms with E-state index in [-0.39, 0.29) is 5.66 Å². The Balaban J connectivity index is 1.49. The molecule has 4 atom stereocenters. The summed E-state index contributed by atoms with van der Waals surface area (Å²) >= 11 is 0. The smallest absolute Gasteiger partial charge is 0.0686 e. The predicted octanol–water partition coefficient (Wildman–Crippen LogP) is 0.936. The van der Waals surface area contributed by atoms with Crippen molar-refractivity contribution in [2.45, 2.75) is 76.4 Å². The monoisotopic (exact) mass is 278 g/mol. The number of fused-ring (bicyclic) bond motifs is 4. The predicted molar refractivity (Wildman–Crippen MR) is 81.7 cm³/mol. The standard InChI is InChI=1S/C16H30N4/c1-11(2)18-9-15-6-14(18)10-20(15)16(3,4)19-8-12-5-13(19)7-17-12/h11-15,17H,5-10H2,1-4H3/t12-,13-,14+,15+/m0/s1. The van der Waals surface area contributed by atoms with Crippen LogP contribution < -0.4 is 5.32 Å². The molecule has 4 nitrogen and oxygen atoms in total. The Kier molecular flexibility index (Phi) is 2.98. The van der Waals surface area contributed by atoms with Crippen molar-refractivity contribution < 1.29 is 0 Å². The second-order valence-corrected chi connectivity index (χ2v) is 8.13. The van der Waals surface area contributed by atoms with Crippen LogP contribution >= 0.6 is 0 Å². The molecule has 4 heterocycles. The molecule has 0 amide bonds. The van der Waals surface area contributed by atoms with E-state index in [0.29, 0.717) is 6.04 Å². The molecule has 0 aromatic rings. The summed E-state index contributed by atoms with van der Waals surface area (Å²) in [4.78, 5) is 8.32. The summed E-state index contributed by atoms with van der Waals surface area (Å²) in [5, 5.41) is 3.64. The van der Waals surface area contributed by atoms with E-state index >= 15 is 0 Å². The lowest BCUT2D eigenvalue weighted by Crippen LogP contribution is -2.65. The minimum absolute atomic E-state index is 0.240. The van der Waals surface area contributed by atoms with Crippen molar-refractivity contribution in [2.75, 3.05) is 26.2 Å². The summed E-state index contributed by atoms with van der Waals surface area (Å²) < 4.78 is 0. The average Bonchev–Trinajstić information content (AvgIpc) is 3.16. The molecule has 4 heteroatoms. The van der Waals surface area contributed by atoms with Crippen LogP contribution in [0.5, 0.6) is 0 Å². The lowest BCUT2D eigenvalue weighted by molar-refractivity contribution is -0.0738. The van der Waals surface area contributed by atoms with Crippen molar-refractivity contribution >= 4 is 0 Å². The van der Waals surface area contributed by atoms with E-state index < -0.39 is 0 Å². The number of rotatable bonds is 3. The van der Waals surface area contributed by atoms with E-state index in [1.54, 1.807) is 0 Å². The zero-order valence-electron chi connectivity index (χ0n) is 13.5. The van der Waals surface area contributed by atoms with Gasteiger partial charge >= 0.3 is 0 Å². The second-order valence-electron chi connectivity index (χ2n) is 8.13. The molecular formula is C16H30N4. The van der Waals surface area contributed by atoms with E-state index in [9.17, 15) is 0 Å². The van der Waals surface area contributed by atoms with Gasteiger partial charge in [-0.05, 0) is 40.5 Å². The molecule has 0 aliphatic carbocycles. The highest BCUT2D eigenvalue weighted by Gasteiger charge is 2.53. The van der Waals surface area contributed by atoms with Crippen molar-refractivity contribution in [1.82, 2.24) is 20.0 Å². The summed E-state index contributed by atoms with van der Waals surface area (Å²) in [5.41, 5.74) is 0.240. The maximum Gasteiger partial charge on any atom is 0.0686 e. The zero-order chi connectivity index (χ0) is 14.1. The van der Waals surface area contributed by atoms with Crippen LogP contribution in [-0.2, 0) is 0 Å². The molecule has 1 N–H and O–H groups in total. The molecule has 0 radical (unpaired) electrons. The maximum atomic E-state index is 3.64. The fourth-order valence-electron chi connectivity index (χ4n) is 5.40. The van der Waals surface area contributed by atoms with E-state index in [1.807, 2.05) is 0 Å². The van der Waals surface area contributed by atoms with Gasteiger partial charge in [-0.1, -0.05) is 0 Å². The summed E-state index contributed by atoms with van der Waals surface area (Å²) in [5.74, 6) is 0. The van der Waals surface area contributed by atoms with Crippen molar-refractivity contribution in [1.29, 1.82) is 0 Å². The first-order valence-corrected chi connectivity index (χ1v) is 8.49. The molecule has 0 saturated carbocycles. The number of piperazine rings is 2. The molecule has 4 saturated heterocycles. The van der Waals surface area contributed by atoms with Crippen LogP contribution in [0.25, 0.3) is 0 Å². The Morgan fingerprint density at radius 2 is 1.70 bits per heavy atom. The number of hydrogen-bond donors (Lipinski definition) is 1. The Labute approximate surface area is 123 Å². The lowest BCUT2D eigenvalue weighted by Gasteiger charge is -2.51. The molecule has 0 spiro atoms. The summed E-state index contributed by atoms with van der Waals surface area (Å²) in [6, 6.07) is 3.82. The fourth-order valence-corrected chi connectivity index (χ4v) is 5.40. The molecule has 4 fully saturated rings. The molecule has 114 valence electrons. The lowest BCUT2D eigenvalue weighted by atomic mass is 10.1. The molecule has 20 heavy (non-hydrogen) atoms. The summed E-state index contributed by atoms with van der Waals surface area (Å²) in [7, 11) is 0. The van der Waals surface area contributed by atoms with Crippen molar-refractivity contribution in [3.05, 3.63) is 0 Å². The molecule has 4 aliphatic heterocycles. The van der Waals surface area contributed by atoms with Gasteiger partial charge in [0.1, 0.15) is 0 Å². The second kappa shape index (κ2) is 4.42. The van der Waals surface area contributed by atoms with Gasteiger partial charge in [-0.25, -0.2) is 0 Å². The van der Waals surface area contributed by atoms with Gasteiger partial charge < -0.3 is 5.32 Å². The Morgan fingerprint density at radius 3 is 2.20 bits per heavy atom. The highest BCUT2D eigenvalue weighted by molar-refractivity contribution is 5.08. The number of hydrogen-bond acceptors (Lipinski definition) is 4. The third-order valence-corrected chi connectivity index (χ3v) is 6.41. The quantitative estimate of drug-likeness (QED) is 0.829. The van der Waals surface area contributed by atoms with E-state index in [1.165, 1.54) is 39.0 Å². The van der Waals surface area contributed by atoms with Gasteiger partial charge in [-0.2, -0.15) is 0 Å². The topological polar surface area (TPSA) is 21.8 Å². The van der Waals surface area contributed by atoms with Crippen LogP contribution in [-0.4, -0.2) is 76.8 Å². The van der Waals surface area contributed by atoms with Crippen LogP contribution in [0.15, 0.2) is 0 Å². The SMILES string of the molecule is CC(C)N1C[C@H]2C[C@@H]1CN2C(C)(C)N1C[C@@H]2C[C@H]1CN2. The minimum atomic E-state index is 0.240. The molecular weight excluding hydrogens is 248 g/mol. The molecule has 4 aliphatic rings. The van der Waals surface area contributed by atoms with Crippen LogP contribution in [0.4, 0.5) is 0 Å². The number of nitrogens with one attached hydrogen (secondary N) is 1. The third-order valence-electron chi connectivity index (χ3n) is 6.41. The highest BCUT2D eigenvalue weighted by atomic mass is 15.5. The molecule has 4 bridgehead atoms. The van der Waals surface area contributed by atoms with Crippen LogP contribution in [0, 0.1) is 0 Å². The van der Waals surface area contributed by atoms with Crippen LogP contribution in [0.2, 0.25) is 0 Å². The number of nitrogens with zero attached hydrogens (tertiary/aromatic N) is 3. The van der Waals surface area contributed by atoms with Crippen molar-refractivity contribution in [3.8, 4) is 0 Å². The summed E-state index contributed by atoms with van der Waals surface area (Å²) in [6.45, 7) is 14.6. The highest BCUT2D eigenvalue weighted by Crippen LogP contribution is 2.40. The van der Waals surface area contributed by atoms with Gasteiger partial charge in [0.15, 0.2) is 0 Å². The molecule has 0 aromatic heterocycles. The van der Waals surface area contributed by atoms with Gasteiger partial charge in [0, 0.05) is 56.4 Å². The maximum absolute atomic E-state index is 3.64. The summed E-state index contributed by atoms with van der Waals surface area (Å²) in [6.07, 6.45) is 2.76. The molecule has 0 unspecified atom stereocenters. The van der Waals surface area contributed by atoms with Crippen LogP contribution in [0.1, 0.15) is 40.5 Å². The molecule has 0 aromatic carbocycles. The largest absolute Gasteiger partial charge is 0.311 e. The zero-order valence-corrected chi connectivity index (χ0v) is 13.5. The number of likely N-dealkylation sites (tertiary alicyclic amines) is 3. The van der Waals surface area contributed by atoms with E-state index in [2.05, 4.69) is 47.7 Å². The van der Waals surface area contributed by atoms with Crippen LogP contribution in [0.3, 0.4) is 0 Å². The Morgan fingerprint density at radius 1 is 0.950 bits per heavy atom. The van der Waals surface area contributed by atoms with Gasteiger partial charge in [-0.3, -0.25) is 14.7 Å². The van der Waals surface area contributed by atoms with Gasteiger partial charge in [0.05, 0.1) is 5.66 Å². The van der Waals surface area contributed by atoms with Gasteiger partial charge in [-0.15, -0.1) is 0 Å². The van der Waals surface area contributed by atoms with Crippen molar-refractivity contribution in [2.24, 2.45) is 0 Å². The molecule has 4 rings (SSSR count). The first kappa shape index (κ1) is 13.5. The Bertz CT molecular complexity index is 394. The van der Waals surface area contributed by atoms with E-state index in [4.69, 9.17) is 0 Å². The van der Waals surface area contributed by atoms with Crippen molar-refractivity contribution in [3.63, 3.8) is 0 Å². The average molecular weight is 278 g/mol. The first-order chi connectivity index (χ1) is 9.46. The normalized spacial score (nSPS) is 42.5.